The van der Waals surface area contributed by atoms with Gasteiger partial charge in [-0.25, -0.2) is 0 Å². The molecule has 0 aliphatic heterocycles. The second-order valence-corrected chi connectivity index (χ2v) is 6.50. The van der Waals surface area contributed by atoms with Gasteiger partial charge in [0.05, 0.1) is 11.1 Å². The quantitative estimate of drug-likeness (QED) is 0.356. The van der Waals surface area contributed by atoms with Gasteiger partial charge in [0.2, 0.25) is 9.39 Å². The van der Waals surface area contributed by atoms with Crippen LogP contribution in [-0.2, 0) is 12.4 Å². The van der Waals surface area contributed by atoms with E-state index in [1.807, 2.05) is 0 Å². The van der Waals surface area contributed by atoms with Crippen molar-refractivity contribution in [1.29, 1.82) is 0 Å². The van der Waals surface area contributed by atoms with Gasteiger partial charge in [-0.1, -0.05) is 12.1 Å². The number of hydrogen-bond acceptors (Lipinski definition) is 2. The third-order valence-electron chi connectivity index (χ3n) is 3.39. The molecule has 0 saturated carbocycles. The van der Waals surface area contributed by atoms with Crippen LogP contribution in [0.5, 0.6) is 0 Å². The largest absolute Gasteiger partial charge is 0.417 e. The molecule has 0 aliphatic carbocycles. The summed E-state index contributed by atoms with van der Waals surface area (Å²) in [5.74, 6) is 0. The molecule has 0 spiro atoms. The second-order valence-electron chi connectivity index (χ2n) is 5.06. The highest BCUT2D eigenvalue weighted by atomic mass is 79.9. The smallest absolute Gasteiger partial charge is 0.281 e. The summed E-state index contributed by atoms with van der Waals surface area (Å²) in [5, 5.41) is 0. The minimum atomic E-state index is -5.00. The van der Waals surface area contributed by atoms with Crippen molar-refractivity contribution >= 4 is 41.2 Å². The maximum atomic E-state index is 13.3. The molecule has 2 nitrogen and oxygen atoms in total. The van der Waals surface area contributed by atoms with Crippen LogP contribution in [0.1, 0.15) is 31.8 Å². The number of rotatable bonds is 3. The molecule has 0 heterocycles. The lowest BCUT2D eigenvalue weighted by atomic mass is 9.92. The molecule has 0 unspecified atom stereocenters. The fourth-order valence-corrected chi connectivity index (χ4v) is 2.77. The third kappa shape index (κ3) is 4.35. The molecular formula is C16H6Br2F6O2. The molecule has 0 atom stereocenters. The number of carbonyl (C=O) groups excluding carboxylic acids is 2. The van der Waals surface area contributed by atoms with Crippen LogP contribution < -0.4 is 0 Å². The predicted octanol–water partition coefficient (Wildman–Crippen LogP) is 6.46. The van der Waals surface area contributed by atoms with Crippen LogP contribution in [0.15, 0.2) is 36.4 Å². The first-order valence-corrected chi connectivity index (χ1v) is 8.23. The van der Waals surface area contributed by atoms with Crippen LogP contribution in [-0.4, -0.2) is 9.39 Å². The van der Waals surface area contributed by atoms with E-state index in [9.17, 15) is 35.9 Å². The Hall–Kier alpha value is -1.68. The van der Waals surface area contributed by atoms with E-state index in [1.54, 1.807) is 0 Å². The summed E-state index contributed by atoms with van der Waals surface area (Å²) in [6, 6.07) is 4.47. The summed E-state index contributed by atoms with van der Waals surface area (Å²) in [6.07, 6.45) is -10.00. The van der Waals surface area contributed by atoms with Gasteiger partial charge in [0.25, 0.3) is 0 Å². The summed E-state index contributed by atoms with van der Waals surface area (Å²) in [5.41, 5.74) is -5.02. The molecule has 138 valence electrons. The highest BCUT2D eigenvalue weighted by molar-refractivity contribution is 9.18. The van der Waals surface area contributed by atoms with Gasteiger partial charge >= 0.3 is 12.4 Å². The molecule has 0 bridgehead atoms. The molecule has 0 fully saturated rings. The Morgan fingerprint density at radius 2 is 0.962 bits per heavy atom. The maximum Gasteiger partial charge on any atom is 0.417 e. The summed E-state index contributed by atoms with van der Waals surface area (Å²) >= 11 is 5.01. The van der Waals surface area contributed by atoms with Crippen molar-refractivity contribution in [2.24, 2.45) is 0 Å². The summed E-state index contributed by atoms with van der Waals surface area (Å²) < 4.78 is 78.4. The number of alkyl halides is 6. The molecule has 2 aromatic carbocycles. The van der Waals surface area contributed by atoms with Gasteiger partial charge in [-0.05, 0) is 67.3 Å². The van der Waals surface area contributed by atoms with E-state index in [1.165, 1.54) is 0 Å². The summed E-state index contributed by atoms with van der Waals surface area (Å²) in [4.78, 5) is 22.5. The van der Waals surface area contributed by atoms with E-state index >= 15 is 0 Å². The number of benzene rings is 2. The van der Waals surface area contributed by atoms with Crippen LogP contribution in [0.4, 0.5) is 26.3 Å². The van der Waals surface area contributed by atoms with Gasteiger partial charge in [0.15, 0.2) is 0 Å². The van der Waals surface area contributed by atoms with Crippen LogP contribution in [0.25, 0.3) is 11.1 Å². The molecular weight excluding hydrogens is 498 g/mol. The Morgan fingerprint density at radius 3 is 1.19 bits per heavy atom. The SMILES string of the molecule is O=C(Br)c1ccc(-c2ccc(C(=O)Br)cc2C(F)(F)F)c(C(F)(F)F)c1. The second kappa shape index (κ2) is 7.15. The van der Waals surface area contributed by atoms with Crippen molar-refractivity contribution in [2.45, 2.75) is 12.4 Å². The molecule has 0 aliphatic rings. The highest BCUT2D eigenvalue weighted by Gasteiger charge is 2.39. The fourth-order valence-electron chi connectivity index (χ4n) is 2.27. The van der Waals surface area contributed by atoms with Crippen LogP contribution >= 0.6 is 31.9 Å². The number of halogens is 8. The summed E-state index contributed by atoms with van der Waals surface area (Å²) in [7, 11) is 0. The van der Waals surface area contributed by atoms with Crippen molar-refractivity contribution in [1.82, 2.24) is 0 Å². The van der Waals surface area contributed by atoms with Gasteiger partial charge < -0.3 is 0 Å². The minimum Gasteiger partial charge on any atom is -0.281 e. The first-order valence-electron chi connectivity index (χ1n) is 6.65. The first kappa shape index (κ1) is 20.6. The van der Waals surface area contributed by atoms with Crippen molar-refractivity contribution in [3.05, 3.63) is 58.7 Å². The lowest BCUT2D eigenvalue weighted by molar-refractivity contribution is -0.139. The van der Waals surface area contributed by atoms with Crippen molar-refractivity contribution < 1.29 is 35.9 Å². The molecule has 10 heteroatoms. The summed E-state index contributed by atoms with van der Waals surface area (Å²) in [6.45, 7) is 0. The molecule has 0 N–H and O–H groups in total. The Labute approximate surface area is 159 Å². The van der Waals surface area contributed by atoms with E-state index < -0.39 is 44.0 Å². The molecule has 0 radical (unpaired) electrons. The van der Waals surface area contributed by atoms with Crippen molar-refractivity contribution in [3.8, 4) is 11.1 Å². The van der Waals surface area contributed by atoms with E-state index in [-0.39, 0.29) is 11.1 Å². The van der Waals surface area contributed by atoms with E-state index in [2.05, 4.69) is 31.9 Å². The monoisotopic (exact) mass is 502 g/mol. The van der Waals surface area contributed by atoms with Gasteiger partial charge in [0.1, 0.15) is 0 Å². The Morgan fingerprint density at radius 1 is 0.654 bits per heavy atom. The van der Waals surface area contributed by atoms with Gasteiger partial charge in [-0.15, -0.1) is 0 Å². The molecule has 2 rings (SSSR count). The van der Waals surface area contributed by atoms with Crippen LogP contribution in [0.2, 0.25) is 0 Å². The first-order chi connectivity index (χ1) is 11.8. The lowest BCUT2D eigenvalue weighted by Crippen LogP contribution is -2.13. The molecule has 26 heavy (non-hydrogen) atoms. The van der Waals surface area contributed by atoms with Gasteiger partial charge in [-0.3, -0.25) is 9.59 Å². The highest BCUT2D eigenvalue weighted by Crippen LogP contribution is 2.43. The lowest BCUT2D eigenvalue weighted by Gasteiger charge is -2.18. The minimum absolute atomic E-state index is 0.359. The zero-order valence-corrected chi connectivity index (χ0v) is 15.5. The van der Waals surface area contributed by atoms with Crippen LogP contribution in [0.3, 0.4) is 0 Å². The number of hydrogen-bond donors (Lipinski definition) is 0. The van der Waals surface area contributed by atoms with Crippen molar-refractivity contribution in [3.63, 3.8) is 0 Å². The molecule has 0 saturated heterocycles. The normalized spacial score (nSPS) is 12.2. The van der Waals surface area contributed by atoms with Crippen molar-refractivity contribution in [2.75, 3.05) is 0 Å². The molecule has 2 aromatic rings. The standard InChI is InChI=1S/C16H6Br2F6O2/c17-13(25)7-1-3-9(11(5-7)15(19,20)21)10-4-2-8(14(18)26)6-12(10)16(22,23)24/h1-6H. The zero-order valence-electron chi connectivity index (χ0n) is 12.3. The molecule has 0 aromatic heterocycles. The van der Waals surface area contributed by atoms with Gasteiger partial charge in [-0.2, -0.15) is 26.3 Å². The Kier molecular flexibility index (Phi) is 5.67. The maximum absolute atomic E-state index is 13.3. The molecule has 0 amide bonds. The number of carbonyl (C=O) groups is 2. The predicted molar refractivity (Wildman–Crippen MR) is 88.4 cm³/mol. The van der Waals surface area contributed by atoms with Gasteiger partial charge in [0, 0.05) is 11.1 Å². The fraction of sp³-hybridized carbons (Fsp3) is 0.125. The zero-order chi connectivity index (χ0) is 19.9. The Balaban J connectivity index is 2.83. The average molecular weight is 504 g/mol. The van der Waals surface area contributed by atoms with E-state index in [0.29, 0.717) is 12.1 Å². The van der Waals surface area contributed by atoms with E-state index in [4.69, 9.17) is 0 Å². The Bertz CT molecular complexity index is 814. The third-order valence-corrected chi connectivity index (χ3v) is 4.31. The topological polar surface area (TPSA) is 34.1 Å². The average Bonchev–Trinajstić information content (AvgIpc) is 2.52. The van der Waals surface area contributed by atoms with E-state index in [0.717, 1.165) is 24.3 Å². The van der Waals surface area contributed by atoms with Crippen LogP contribution in [0, 0.1) is 0 Å².